The summed E-state index contributed by atoms with van der Waals surface area (Å²) in [5.41, 5.74) is 4.02. The zero-order valence-corrected chi connectivity index (χ0v) is 11.1. The minimum atomic E-state index is -0.0711. The largest absolute Gasteiger partial charge is 0.508 e. The number of hydrogen-bond donors (Lipinski definition) is 1. The average molecular weight is 252 g/mol. The van der Waals surface area contributed by atoms with E-state index in [4.69, 9.17) is 0 Å². The number of allylic oxidation sites excluding steroid dienone is 1. The Hall–Kier alpha value is -2.35. The molecule has 0 atom stereocenters. The van der Waals surface area contributed by atoms with Crippen molar-refractivity contribution in [2.45, 2.75) is 13.8 Å². The first-order valence-electron chi connectivity index (χ1n) is 6.15. The Morgan fingerprint density at radius 3 is 2.32 bits per heavy atom. The summed E-state index contributed by atoms with van der Waals surface area (Å²) in [6.07, 6.45) is 3.36. The van der Waals surface area contributed by atoms with Crippen molar-refractivity contribution >= 4 is 11.9 Å². The van der Waals surface area contributed by atoms with Gasteiger partial charge in [-0.2, -0.15) is 0 Å². The van der Waals surface area contributed by atoms with Crippen LogP contribution in [-0.2, 0) is 0 Å². The van der Waals surface area contributed by atoms with Crippen LogP contribution < -0.4 is 0 Å². The van der Waals surface area contributed by atoms with E-state index in [-0.39, 0.29) is 11.5 Å². The van der Waals surface area contributed by atoms with Crippen molar-refractivity contribution in [3.8, 4) is 5.75 Å². The molecule has 2 aromatic rings. The van der Waals surface area contributed by atoms with Crippen LogP contribution in [0, 0.1) is 13.8 Å². The molecule has 0 radical (unpaired) electrons. The van der Waals surface area contributed by atoms with Gasteiger partial charge in [-0.25, -0.2) is 0 Å². The maximum absolute atomic E-state index is 11.9. The molecular formula is C17H16O2. The van der Waals surface area contributed by atoms with E-state index in [0.717, 1.165) is 5.56 Å². The molecule has 2 nitrogen and oxygen atoms in total. The van der Waals surface area contributed by atoms with E-state index >= 15 is 0 Å². The fraction of sp³-hybridized carbons (Fsp3) is 0.118. The van der Waals surface area contributed by atoms with Crippen LogP contribution in [0.5, 0.6) is 5.75 Å². The van der Waals surface area contributed by atoms with Gasteiger partial charge in [0.25, 0.3) is 0 Å². The summed E-state index contributed by atoms with van der Waals surface area (Å²) in [6.45, 7) is 4.11. The van der Waals surface area contributed by atoms with Crippen LogP contribution in [0.4, 0.5) is 0 Å². The van der Waals surface area contributed by atoms with Gasteiger partial charge < -0.3 is 5.11 Å². The Morgan fingerprint density at radius 2 is 1.68 bits per heavy atom. The van der Waals surface area contributed by atoms with Crippen LogP contribution in [0.3, 0.4) is 0 Å². The number of carbonyl (C=O) groups excluding carboxylic acids is 1. The lowest BCUT2D eigenvalue weighted by atomic mass is 10.0. The Labute approximate surface area is 113 Å². The normalized spacial score (nSPS) is 10.8. The van der Waals surface area contributed by atoms with Crippen molar-refractivity contribution in [3.05, 3.63) is 70.8 Å². The van der Waals surface area contributed by atoms with Gasteiger partial charge in [0.15, 0.2) is 5.78 Å². The van der Waals surface area contributed by atoms with Crippen molar-refractivity contribution in [3.63, 3.8) is 0 Å². The molecule has 1 N–H and O–H groups in total. The molecule has 0 saturated heterocycles. The minimum Gasteiger partial charge on any atom is -0.508 e. The van der Waals surface area contributed by atoms with E-state index in [2.05, 4.69) is 19.9 Å². The Bertz CT molecular complexity index is 622. The van der Waals surface area contributed by atoms with E-state index in [0.29, 0.717) is 5.56 Å². The fourth-order valence-electron chi connectivity index (χ4n) is 1.76. The molecule has 0 aliphatic heterocycles. The molecule has 2 aromatic carbocycles. The van der Waals surface area contributed by atoms with Crippen LogP contribution >= 0.6 is 0 Å². The van der Waals surface area contributed by atoms with Crippen LogP contribution in [0.2, 0.25) is 0 Å². The molecule has 0 aliphatic carbocycles. The van der Waals surface area contributed by atoms with Gasteiger partial charge in [-0.1, -0.05) is 24.3 Å². The standard InChI is InChI=1S/C17H16O2/c1-12-3-4-14(11-13(12)2)5-10-17(19)15-6-8-16(18)9-7-15/h3-11,18H,1-2H3. The predicted octanol–water partition coefficient (Wildman–Crippen LogP) is 3.91. The van der Waals surface area contributed by atoms with Gasteiger partial charge in [-0.05, 0) is 60.9 Å². The number of aryl methyl sites for hydroxylation is 2. The topological polar surface area (TPSA) is 37.3 Å². The zero-order valence-electron chi connectivity index (χ0n) is 11.1. The van der Waals surface area contributed by atoms with Crippen LogP contribution in [0.25, 0.3) is 6.08 Å². The smallest absolute Gasteiger partial charge is 0.185 e. The van der Waals surface area contributed by atoms with E-state index in [9.17, 15) is 9.90 Å². The highest BCUT2D eigenvalue weighted by Gasteiger charge is 2.01. The first-order valence-corrected chi connectivity index (χ1v) is 6.15. The summed E-state index contributed by atoms with van der Waals surface area (Å²) in [7, 11) is 0. The number of rotatable bonds is 3. The molecule has 0 aromatic heterocycles. The van der Waals surface area contributed by atoms with Crippen molar-refractivity contribution in [1.29, 1.82) is 0 Å². The molecule has 19 heavy (non-hydrogen) atoms. The van der Waals surface area contributed by atoms with E-state index in [1.807, 2.05) is 18.2 Å². The van der Waals surface area contributed by atoms with Crippen LogP contribution in [0.15, 0.2) is 48.5 Å². The fourth-order valence-corrected chi connectivity index (χ4v) is 1.76. The summed E-state index contributed by atoms with van der Waals surface area (Å²) in [4.78, 5) is 11.9. The van der Waals surface area contributed by atoms with Crippen LogP contribution in [0.1, 0.15) is 27.0 Å². The number of phenolic OH excluding ortho intramolecular Hbond substituents is 1. The van der Waals surface area contributed by atoms with Crippen LogP contribution in [-0.4, -0.2) is 10.9 Å². The third-order valence-electron chi connectivity index (χ3n) is 3.11. The number of aromatic hydroxyl groups is 1. The lowest BCUT2D eigenvalue weighted by Crippen LogP contribution is -1.93. The lowest BCUT2D eigenvalue weighted by molar-refractivity contribution is 0.104. The highest BCUT2D eigenvalue weighted by molar-refractivity contribution is 6.06. The Balaban J connectivity index is 2.15. The third-order valence-corrected chi connectivity index (χ3v) is 3.11. The molecule has 96 valence electrons. The van der Waals surface area contributed by atoms with Crippen molar-refractivity contribution in [2.24, 2.45) is 0 Å². The molecule has 2 rings (SSSR count). The predicted molar refractivity (Wildman–Crippen MR) is 77.4 cm³/mol. The first-order chi connectivity index (χ1) is 9.06. The van der Waals surface area contributed by atoms with Crippen molar-refractivity contribution < 1.29 is 9.90 Å². The number of phenols is 1. The molecule has 0 unspecified atom stereocenters. The SMILES string of the molecule is Cc1ccc(C=CC(=O)c2ccc(O)cc2)cc1C. The Kier molecular flexibility index (Phi) is 3.81. The summed E-state index contributed by atoms with van der Waals surface area (Å²) in [6, 6.07) is 12.3. The minimum absolute atomic E-state index is 0.0711. The second kappa shape index (κ2) is 5.53. The average Bonchev–Trinajstić information content (AvgIpc) is 2.40. The molecule has 0 fully saturated rings. The van der Waals surface area contributed by atoms with Gasteiger partial charge in [0.2, 0.25) is 0 Å². The van der Waals surface area contributed by atoms with Gasteiger partial charge in [0.05, 0.1) is 0 Å². The second-order valence-electron chi connectivity index (χ2n) is 4.59. The molecule has 0 bridgehead atoms. The number of carbonyl (C=O) groups is 1. The monoisotopic (exact) mass is 252 g/mol. The quantitative estimate of drug-likeness (QED) is 0.664. The van der Waals surface area contributed by atoms with Crippen molar-refractivity contribution in [2.75, 3.05) is 0 Å². The van der Waals surface area contributed by atoms with E-state index in [1.54, 1.807) is 18.2 Å². The number of benzene rings is 2. The number of ketones is 1. The van der Waals surface area contributed by atoms with Gasteiger partial charge in [0.1, 0.15) is 5.75 Å². The Morgan fingerprint density at radius 1 is 1.00 bits per heavy atom. The van der Waals surface area contributed by atoms with Gasteiger partial charge in [-0.3, -0.25) is 4.79 Å². The highest BCUT2D eigenvalue weighted by Crippen LogP contribution is 2.13. The maximum atomic E-state index is 11.9. The maximum Gasteiger partial charge on any atom is 0.185 e. The molecule has 0 aliphatic rings. The molecule has 0 saturated carbocycles. The zero-order chi connectivity index (χ0) is 13.8. The lowest BCUT2D eigenvalue weighted by Gasteiger charge is -2.01. The van der Waals surface area contributed by atoms with Gasteiger partial charge >= 0.3 is 0 Å². The summed E-state index contributed by atoms with van der Waals surface area (Å²) < 4.78 is 0. The molecule has 2 heteroatoms. The summed E-state index contributed by atoms with van der Waals surface area (Å²) in [5.74, 6) is 0.0907. The molecule has 0 amide bonds. The van der Waals surface area contributed by atoms with Gasteiger partial charge in [0, 0.05) is 5.56 Å². The molecule has 0 heterocycles. The summed E-state index contributed by atoms with van der Waals surface area (Å²) in [5, 5.41) is 9.17. The molecule has 0 spiro atoms. The van der Waals surface area contributed by atoms with E-state index < -0.39 is 0 Å². The number of hydrogen-bond acceptors (Lipinski definition) is 2. The highest BCUT2D eigenvalue weighted by atomic mass is 16.3. The third kappa shape index (κ3) is 3.32. The summed E-state index contributed by atoms with van der Waals surface area (Å²) >= 11 is 0. The van der Waals surface area contributed by atoms with E-state index in [1.165, 1.54) is 23.3 Å². The van der Waals surface area contributed by atoms with Gasteiger partial charge in [-0.15, -0.1) is 0 Å². The second-order valence-corrected chi connectivity index (χ2v) is 4.59. The van der Waals surface area contributed by atoms with Crippen molar-refractivity contribution in [1.82, 2.24) is 0 Å². The first kappa shape index (κ1) is 13.1. The molecular weight excluding hydrogens is 236 g/mol.